The molecule has 1 saturated heterocycles. The average molecular weight is 495 g/mol. The number of fused-ring (bicyclic) bond motifs is 1. The highest BCUT2D eigenvalue weighted by Gasteiger charge is 2.47. The Balaban J connectivity index is 1.38. The second kappa shape index (κ2) is 10.5. The van der Waals surface area contributed by atoms with Crippen molar-refractivity contribution >= 4 is 17.6 Å². The molecule has 0 radical (unpaired) electrons. The van der Waals surface area contributed by atoms with Crippen molar-refractivity contribution in [2.45, 2.75) is 38.6 Å². The van der Waals surface area contributed by atoms with Gasteiger partial charge in [0.1, 0.15) is 6.04 Å². The van der Waals surface area contributed by atoms with Gasteiger partial charge in [-0.1, -0.05) is 44.2 Å². The van der Waals surface area contributed by atoms with Crippen molar-refractivity contribution < 1.29 is 14.4 Å². The van der Waals surface area contributed by atoms with Crippen LogP contribution in [0.25, 0.3) is 11.1 Å². The Morgan fingerprint density at radius 1 is 1.00 bits per heavy atom. The molecule has 5 rings (SSSR count). The molecular weight excluding hydrogens is 464 g/mol. The van der Waals surface area contributed by atoms with Crippen LogP contribution in [0.15, 0.2) is 85.1 Å². The third-order valence-corrected chi connectivity index (χ3v) is 6.99. The lowest BCUT2D eigenvalue weighted by Gasteiger charge is -2.29. The van der Waals surface area contributed by atoms with Crippen LogP contribution in [0.4, 0.5) is 0 Å². The quantitative estimate of drug-likeness (QED) is 0.495. The van der Waals surface area contributed by atoms with Gasteiger partial charge in [0.05, 0.1) is 18.9 Å². The molecule has 2 atom stereocenters. The Kier molecular flexibility index (Phi) is 6.95. The van der Waals surface area contributed by atoms with Gasteiger partial charge in [0, 0.05) is 37.0 Å². The van der Waals surface area contributed by atoms with E-state index in [0.717, 1.165) is 22.3 Å². The molecule has 4 heterocycles. The normalized spacial score (nSPS) is 17.6. The van der Waals surface area contributed by atoms with Crippen molar-refractivity contribution in [1.82, 2.24) is 19.8 Å². The van der Waals surface area contributed by atoms with Gasteiger partial charge in [-0.25, -0.2) is 0 Å². The van der Waals surface area contributed by atoms with Crippen molar-refractivity contribution in [1.29, 1.82) is 0 Å². The minimum absolute atomic E-state index is 0.00818. The highest BCUT2D eigenvalue weighted by atomic mass is 16.2. The summed E-state index contributed by atoms with van der Waals surface area (Å²) in [5.41, 5.74) is 4.40. The summed E-state index contributed by atoms with van der Waals surface area (Å²) in [5, 5.41) is 0. The molecule has 2 aliphatic rings. The predicted octanol–water partition coefficient (Wildman–Crippen LogP) is 4.02. The van der Waals surface area contributed by atoms with Gasteiger partial charge in [-0.15, -0.1) is 0 Å². The van der Waals surface area contributed by atoms with Crippen molar-refractivity contribution in [2.24, 2.45) is 5.92 Å². The number of nitrogens with zero attached hydrogens (tertiary/aromatic N) is 4. The predicted molar refractivity (Wildman–Crippen MR) is 140 cm³/mol. The Hall–Kier alpha value is -4.13. The lowest BCUT2D eigenvalue weighted by molar-refractivity contribution is -0.137. The topological polar surface area (TPSA) is 83.5 Å². The lowest BCUT2D eigenvalue weighted by Crippen LogP contribution is -2.43. The highest BCUT2D eigenvalue weighted by Crippen LogP contribution is 2.35. The van der Waals surface area contributed by atoms with Crippen LogP contribution in [0.1, 0.15) is 37.3 Å². The van der Waals surface area contributed by atoms with Crippen LogP contribution in [-0.4, -0.2) is 56.5 Å². The third kappa shape index (κ3) is 5.07. The number of pyridine rings is 2. The van der Waals surface area contributed by atoms with E-state index in [9.17, 15) is 14.4 Å². The van der Waals surface area contributed by atoms with Crippen molar-refractivity contribution in [3.8, 4) is 11.1 Å². The van der Waals surface area contributed by atoms with E-state index in [1.807, 2.05) is 42.5 Å². The van der Waals surface area contributed by atoms with E-state index in [-0.39, 0.29) is 42.4 Å². The van der Waals surface area contributed by atoms with E-state index >= 15 is 0 Å². The second-order valence-corrected chi connectivity index (χ2v) is 10.0. The largest absolute Gasteiger partial charge is 0.323 e. The fraction of sp³-hybridized carbons (Fsp3) is 0.300. The number of Topliss-reactive ketones (excluding diaryl/α,β-unsaturated/α-hetero) is 1. The second-order valence-electron chi connectivity index (χ2n) is 10.0. The molecule has 1 aromatic carbocycles. The first-order valence-electron chi connectivity index (χ1n) is 12.6. The molecule has 0 spiro atoms. The molecule has 2 unspecified atom stereocenters. The monoisotopic (exact) mass is 494 g/mol. The van der Waals surface area contributed by atoms with Gasteiger partial charge < -0.3 is 9.80 Å². The first-order chi connectivity index (χ1) is 17.9. The van der Waals surface area contributed by atoms with Gasteiger partial charge in [-0.2, -0.15) is 0 Å². The van der Waals surface area contributed by atoms with E-state index in [1.165, 1.54) is 4.90 Å². The van der Waals surface area contributed by atoms with Gasteiger partial charge in [0.15, 0.2) is 5.78 Å². The fourth-order valence-electron chi connectivity index (χ4n) is 5.25. The van der Waals surface area contributed by atoms with Crippen LogP contribution in [0.5, 0.6) is 0 Å². The van der Waals surface area contributed by atoms with Gasteiger partial charge >= 0.3 is 0 Å². The zero-order valence-electron chi connectivity index (χ0n) is 21.1. The molecule has 2 amide bonds. The number of aromatic nitrogens is 2. The first-order valence-corrected chi connectivity index (χ1v) is 12.6. The van der Waals surface area contributed by atoms with Crippen LogP contribution in [-0.2, 0) is 20.8 Å². The van der Waals surface area contributed by atoms with Crippen molar-refractivity contribution in [2.75, 3.05) is 13.1 Å². The molecule has 0 N–H and O–H groups in total. The van der Waals surface area contributed by atoms with E-state index in [0.29, 0.717) is 18.7 Å². The molecule has 7 heteroatoms. The molecule has 7 nitrogen and oxygen atoms in total. The molecule has 3 aromatic rings. The number of amides is 2. The summed E-state index contributed by atoms with van der Waals surface area (Å²) in [6.07, 6.45) is 9.50. The number of carbonyl (C=O) groups is 3. The number of hydrogen-bond acceptors (Lipinski definition) is 5. The maximum atomic E-state index is 14.0. The molecule has 37 heavy (non-hydrogen) atoms. The molecule has 1 fully saturated rings. The maximum Gasteiger partial charge on any atom is 0.231 e. The molecule has 0 aliphatic carbocycles. The molecule has 2 aromatic heterocycles. The molecule has 2 aliphatic heterocycles. The smallest absolute Gasteiger partial charge is 0.231 e. The summed E-state index contributed by atoms with van der Waals surface area (Å²) in [6.45, 7) is 4.51. The average Bonchev–Trinajstić information content (AvgIpc) is 3.49. The van der Waals surface area contributed by atoms with E-state index < -0.39 is 6.04 Å². The summed E-state index contributed by atoms with van der Waals surface area (Å²) in [5.74, 6) is -0.460. The number of rotatable bonds is 7. The molecular formula is C30H30N4O3. The number of benzene rings is 1. The minimum Gasteiger partial charge on any atom is -0.323 e. The summed E-state index contributed by atoms with van der Waals surface area (Å²) >= 11 is 0. The van der Waals surface area contributed by atoms with Crippen LogP contribution >= 0.6 is 0 Å². The first kappa shape index (κ1) is 24.6. The van der Waals surface area contributed by atoms with Crippen molar-refractivity contribution in [3.63, 3.8) is 0 Å². The zero-order chi connectivity index (χ0) is 25.9. The van der Waals surface area contributed by atoms with Gasteiger partial charge in [-0.05, 0) is 58.9 Å². The van der Waals surface area contributed by atoms with E-state index in [2.05, 4.69) is 29.9 Å². The number of likely N-dealkylation sites (tertiary alicyclic amines) is 1. The standard InChI is InChI=1S/C30H30N4O3/c1-20(2)15-25(24-7-3-6-23(17-24)22-8-12-31-13-9-22)30(37)33-14-10-26-29(33)27(35)19-34(26)28(36)16-21-5-4-11-32-18-21/h3-13,17-18,20,25,29H,14-16,19H2,1-2H3. The Labute approximate surface area is 216 Å². The van der Waals surface area contributed by atoms with Crippen LogP contribution in [0, 0.1) is 5.92 Å². The molecule has 188 valence electrons. The fourth-order valence-corrected chi connectivity index (χ4v) is 5.25. The molecule has 0 saturated carbocycles. The van der Waals surface area contributed by atoms with Gasteiger partial charge in [0.25, 0.3) is 0 Å². The number of carbonyl (C=O) groups excluding carboxylic acids is 3. The number of hydrogen-bond donors (Lipinski definition) is 0. The van der Waals surface area contributed by atoms with E-state index in [1.54, 1.807) is 35.8 Å². The summed E-state index contributed by atoms with van der Waals surface area (Å²) in [7, 11) is 0. The third-order valence-electron chi connectivity index (χ3n) is 6.99. The maximum absolute atomic E-state index is 14.0. The van der Waals surface area contributed by atoms with Crippen LogP contribution in [0.3, 0.4) is 0 Å². The Morgan fingerprint density at radius 2 is 1.81 bits per heavy atom. The Bertz CT molecular complexity index is 1340. The Morgan fingerprint density at radius 3 is 2.54 bits per heavy atom. The summed E-state index contributed by atoms with van der Waals surface area (Å²) in [4.78, 5) is 51.5. The minimum atomic E-state index is -0.705. The van der Waals surface area contributed by atoms with Gasteiger partial charge in [-0.3, -0.25) is 24.4 Å². The summed E-state index contributed by atoms with van der Waals surface area (Å²) in [6, 6.07) is 14.9. The SMILES string of the molecule is CC(C)CC(C(=O)N1CC=C2C1C(=O)CN2C(=O)Cc1cccnc1)c1cccc(-c2ccncc2)c1. The van der Waals surface area contributed by atoms with Crippen LogP contribution < -0.4 is 0 Å². The number of ketones is 1. The zero-order valence-corrected chi connectivity index (χ0v) is 21.1. The van der Waals surface area contributed by atoms with E-state index in [4.69, 9.17) is 0 Å². The van der Waals surface area contributed by atoms with Crippen LogP contribution in [0.2, 0.25) is 0 Å². The van der Waals surface area contributed by atoms with Gasteiger partial charge in [0.2, 0.25) is 11.8 Å². The molecule has 0 bridgehead atoms. The summed E-state index contributed by atoms with van der Waals surface area (Å²) < 4.78 is 0. The lowest BCUT2D eigenvalue weighted by atomic mass is 9.87. The van der Waals surface area contributed by atoms with Crippen molar-refractivity contribution in [3.05, 3.63) is 96.2 Å². The highest BCUT2D eigenvalue weighted by molar-refractivity contribution is 6.01.